The van der Waals surface area contributed by atoms with Crippen molar-refractivity contribution in [2.75, 3.05) is 13.2 Å². The lowest BCUT2D eigenvalue weighted by Crippen LogP contribution is -2.34. The van der Waals surface area contributed by atoms with Crippen LogP contribution >= 0.6 is 0 Å². The van der Waals surface area contributed by atoms with E-state index in [4.69, 9.17) is 13.3 Å². The minimum atomic E-state index is -0.898. The molecular weight excluding hydrogens is 356 g/mol. The number of ether oxygens (including phenoxy) is 1. The molecule has 0 saturated heterocycles. The van der Waals surface area contributed by atoms with Gasteiger partial charge in [0.25, 0.3) is 10.0 Å². The van der Waals surface area contributed by atoms with Crippen molar-refractivity contribution in [3.05, 3.63) is 108 Å². The van der Waals surface area contributed by atoms with Crippen molar-refractivity contribution in [2.24, 2.45) is 0 Å². The SMILES string of the molecule is [SiH2]O[SiH2]OCCOC(c1ccccc1)(c1ccccc1)c1ccccc1. The van der Waals surface area contributed by atoms with Crippen molar-refractivity contribution in [3.8, 4) is 0 Å². The van der Waals surface area contributed by atoms with E-state index in [2.05, 4.69) is 72.8 Å². The van der Waals surface area contributed by atoms with Crippen LogP contribution in [0.5, 0.6) is 0 Å². The van der Waals surface area contributed by atoms with Crippen LogP contribution in [0.2, 0.25) is 0 Å². The third kappa shape index (κ3) is 4.20. The van der Waals surface area contributed by atoms with Crippen molar-refractivity contribution < 1.29 is 13.3 Å². The van der Waals surface area contributed by atoms with E-state index >= 15 is 0 Å². The first-order chi connectivity index (χ1) is 12.9. The molecule has 0 aliphatic rings. The summed E-state index contributed by atoms with van der Waals surface area (Å²) in [6.45, 7) is 1.01. The van der Waals surface area contributed by atoms with Crippen molar-refractivity contribution in [3.63, 3.8) is 0 Å². The van der Waals surface area contributed by atoms with Crippen LogP contribution in [0.25, 0.3) is 0 Å². The van der Waals surface area contributed by atoms with Crippen LogP contribution in [0.4, 0.5) is 0 Å². The van der Waals surface area contributed by atoms with Crippen LogP contribution in [0.1, 0.15) is 16.7 Å². The average Bonchev–Trinajstić information content (AvgIpc) is 2.73. The Bertz CT molecular complexity index is 670. The van der Waals surface area contributed by atoms with E-state index in [9.17, 15) is 0 Å². The van der Waals surface area contributed by atoms with E-state index in [0.29, 0.717) is 13.2 Å². The van der Waals surface area contributed by atoms with Crippen LogP contribution in [-0.4, -0.2) is 33.7 Å². The fraction of sp³-hybridized carbons (Fsp3) is 0.143. The highest BCUT2D eigenvalue weighted by atomic mass is 28.3. The summed E-state index contributed by atoms with van der Waals surface area (Å²) in [5.74, 6) is 0. The number of hydrogen-bond donors (Lipinski definition) is 0. The van der Waals surface area contributed by atoms with Gasteiger partial charge in [-0.05, 0) is 16.7 Å². The van der Waals surface area contributed by atoms with Gasteiger partial charge in [0.05, 0.1) is 13.2 Å². The Morgan fingerprint density at radius 1 is 0.654 bits per heavy atom. The molecule has 0 bridgehead atoms. The molecular formula is C21H23O3Si2. The molecule has 3 rings (SSSR count). The highest BCUT2D eigenvalue weighted by molar-refractivity contribution is 6.27. The van der Waals surface area contributed by atoms with E-state index in [1.807, 2.05) is 18.2 Å². The van der Waals surface area contributed by atoms with Gasteiger partial charge in [-0.15, -0.1) is 0 Å². The Hall–Kier alpha value is -2.03. The van der Waals surface area contributed by atoms with Crippen LogP contribution in [0.15, 0.2) is 91.0 Å². The molecule has 0 atom stereocenters. The zero-order valence-electron chi connectivity index (χ0n) is 14.7. The van der Waals surface area contributed by atoms with Crippen molar-refractivity contribution in [1.29, 1.82) is 0 Å². The van der Waals surface area contributed by atoms with Crippen LogP contribution in [0, 0.1) is 0 Å². The molecule has 0 unspecified atom stereocenters. The van der Waals surface area contributed by atoms with Gasteiger partial charge >= 0.3 is 0 Å². The van der Waals surface area contributed by atoms with Gasteiger partial charge in [0.1, 0.15) is 5.60 Å². The molecule has 0 spiro atoms. The zero-order valence-corrected chi connectivity index (χ0v) is 17.5. The first-order valence-corrected chi connectivity index (χ1v) is 10.4. The minimum Gasteiger partial charge on any atom is -0.446 e. The van der Waals surface area contributed by atoms with Crippen molar-refractivity contribution in [2.45, 2.75) is 5.60 Å². The number of rotatable bonds is 9. The van der Waals surface area contributed by atoms with E-state index in [1.165, 1.54) is 10.5 Å². The quantitative estimate of drug-likeness (QED) is 0.325. The molecule has 26 heavy (non-hydrogen) atoms. The van der Waals surface area contributed by atoms with E-state index < -0.39 is 15.6 Å². The van der Waals surface area contributed by atoms with E-state index in [-0.39, 0.29) is 0 Å². The summed E-state index contributed by atoms with van der Waals surface area (Å²) in [5, 5.41) is 0. The van der Waals surface area contributed by atoms with Gasteiger partial charge in [-0.25, -0.2) is 0 Å². The smallest absolute Gasteiger partial charge is 0.293 e. The summed E-state index contributed by atoms with van der Waals surface area (Å²) in [7, 11) is 0.589. The van der Waals surface area contributed by atoms with Gasteiger partial charge in [-0.1, -0.05) is 91.0 Å². The maximum absolute atomic E-state index is 6.58. The fourth-order valence-corrected chi connectivity index (χ4v) is 3.85. The Kier molecular flexibility index (Phi) is 6.93. The Labute approximate surface area is 160 Å². The van der Waals surface area contributed by atoms with Gasteiger partial charge in [0.2, 0.25) is 0 Å². The predicted molar refractivity (Wildman–Crippen MR) is 109 cm³/mol. The van der Waals surface area contributed by atoms with E-state index in [0.717, 1.165) is 16.7 Å². The fourth-order valence-electron chi connectivity index (χ4n) is 3.14. The number of benzene rings is 3. The molecule has 3 aromatic carbocycles. The van der Waals surface area contributed by atoms with Gasteiger partial charge in [-0.3, -0.25) is 0 Å². The molecule has 0 aromatic heterocycles. The molecule has 3 nitrogen and oxygen atoms in total. The Morgan fingerprint density at radius 2 is 1.08 bits per heavy atom. The standard InChI is InChI=1S/C21H23O3Si2/c25-24-26-23-17-16-22-21(18-10-4-1-5-11-18,19-12-6-2-7-13-19)20-14-8-3-9-15-20/h1-15H,16-17,25-26H2. The zero-order chi connectivity index (χ0) is 18.1. The molecule has 133 valence electrons. The molecule has 0 heterocycles. The monoisotopic (exact) mass is 379 g/mol. The Morgan fingerprint density at radius 3 is 1.46 bits per heavy atom. The normalized spacial score (nSPS) is 11.9. The number of hydrogen-bond acceptors (Lipinski definition) is 3. The second-order valence-corrected chi connectivity index (χ2v) is 8.13. The van der Waals surface area contributed by atoms with Gasteiger partial charge < -0.3 is 13.3 Å². The summed E-state index contributed by atoms with van der Waals surface area (Å²) < 4.78 is 17.3. The van der Waals surface area contributed by atoms with E-state index in [1.54, 1.807) is 0 Å². The van der Waals surface area contributed by atoms with Gasteiger partial charge in [-0.2, -0.15) is 0 Å². The second kappa shape index (κ2) is 9.61. The first-order valence-electron chi connectivity index (χ1n) is 8.63. The average molecular weight is 380 g/mol. The summed E-state index contributed by atoms with van der Waals surface area (Å²) in [4.78, 5) is 0. The molecule has 0 amide bonds. The molecule has 0 fully saturated rings. The minimum absolute atomic E-state index is 0.484. The maximum Gasteiger partial charge on any atom is 0.293 e. The summed E-state index contributed by atoms with van der Waals surface area (Å²) in [6, 6.07) is 31.1. The molecule has 3 aromatic rings. The summed E-state index contributed by atoms with van der Waals surface area (Å²) in [6.07, 6.45) is 0. The lowest BCUT2D eigenvalue weighted by molar-refractivity contribution is -0.00350. The lowest BCUT2D eigenvalue weighted by Gasteiger charge is -2.36. The lowest BCUT2D eigenvalue weighted by atomic mass is 9.80. The van der Waals surface area contributed by atoms with Gasteiger partial charge in [0, 0.05) is 0 Å². The predicted octanol–water partition coefficient (Wildman–Crippen LogP) is 2.58. The first kappa shape index (κ1) is 18.8. The Balaban J connectivity index is 2.06. The highest BCUT2D eigenvalue weighted by Gasteiger charge is 2.37. The third-order valence-corrected chi connectivity index (χ3v) is 5.38. The largest absolute Gasteiger partial charge is 0.446 e. The molecule has 0 N–H and O–H groups in total. The van der Waals surface area contributed by atoms with Crippen molar-refractivity contribution in [1.82, 2.24) is 0 Å². The van der Waals surface area contributed by atoms with Crippen molar-refractivity contribution >= 4 is 20.5 Å². The van der Waals surface area contributed by atoms with Gasteiger partial charge in [0.15, 0.2) is 10.5 Å². The maximum atomic E-state index is 6.58. The highest BCUT2D eigenvalue weighted by Crippen LogP contribution is 2.40. The summed E-state index contributed by atoms with van der Waals surface area (Å²) in [5.41, 5.74) is 2.62. The second-order valence-electron chi connectivity index (χ2n) is 5.86. The van der Waals surface area contributed by atoms with Crippen LogP contribution in [0.3, 0.4) is 0 Å². The molecule has 5 heteroatoms. The molecule has 0 saturated carbocycles. The molecule has 1 radical (unpaired) electrons. The van der Waals surface area contributed by atoms with Crippen LogP contribution < -0.4 is 0 Å². The summed E-state index contributed by atoms with van der Waals surface area (Å²) >= 11 is 0. The third-order valence-electron chi connectivity index (χ3n) is 4.25. The molecule has 0 aliphatic heterocycles. The topological polar surface area (TPSA) is 27.7 Å². The molecule has 0 aliphatic carbocycles. The van der Waals surface area contributed by atoms with Crippen LogP contribution in [-0.2, 0) is 18.9 Å².